The summed E-state index contributed by atoms with van der Waals surface area (Å²) in [6, 6.07) is 21.8. The molecule has 1 aliphatic heterocycles. The van der Waals surface area contributed by atoms with E-state index in [9.17, 15) is 27.9 Å². The Labute approximate surface area is 227 Å². The Hall–Kier alpha value is -4.02. The molecule has 10 heteroatoms. The average molecular weight is 551 g/mol. The molecule has 1 aliphatic rings. The van der Waals surface area contributed by atoms with E-state index in [2.05, 4.69) is 5.32 Å². The Balaban J connectivity index is 1.44. The van der Waals surface area contributed by atoms with Crippen molar-refractivity contribution >= 4 is 27.9 Å². The van der Waals surface area contributed by atoms with Crippen LogP contribution < -0.4 is 5.32 Å². The molecule has 9 nitrogen and oxygen atoms in total. The van der Waals surface area contributed by atoms with Crippen molar-refractivity contribution in [1.29, 1.82) is 0 Å². The minimum absolute atomic E-state index is 0.0807. The molecule has 0 aromatic heterocycles. The van der Waals surface area contributed by atoms with Crippen LogP contribution in [0.4, 0.5) is 0 Å². The van der Waals surface area contributed by atoms with Crippen LogP contribution in [0, 0.1) is 5.92 Å². The standard InChI is InChI=1S/C29H30N2O7S/c1-38-29(35)24-11-5-6-12-26(24)39(36,37)31-17-7-10-23(19-31)27(32)30-25(28(33)34)18-20-13-15-22(16-14-20)21-8-3-2-4-9-21/h2-6,8-9,11-16,23,25H,7,10,17-19H2,1H3,(H,30,32)(H,33,34)/t23?,25-/m0/s1. The summed E-state index contributed by atoms with van der Waals surface area (Å²) in [5.41, 5.74) is 2.69. The highest BCUT2D eigenvalue weighted by molar-refractivity contribution is 7.89. The smallest absolute Gasteiger partial charge is 0.339 e. The predicted octanol–water partition coefficient (Wildman–Crippen LogP) is 3.35. The van der Waals surface area contributed by atoms with Gasteiger partial charge in [0.25, 0.3) is 0 Å². The number of methoxy groups -OCH3 is 1. The average Bonchev–Trinajstić information content (AvgIpc) is 2.97. The van der Waals surface area contributed by atoms with Gasteiger partial charge in [0.05, 0.1) is 23.5 Å². The molecule has 0 aliphatic carbocycles. The predicted molar refractivity (Wildman–Crippen MR) is 144 cm³/mol. The van der Waals surface area contributed by atoms with Crippen molar-refractivity contribution in [1.82, 2.24) is 9.62 Å². The first-order chi connectivity index (χ1) is 18.7. The van der Waals surface area contributed by atoms with Crippen LogP contribution in [0.15, 0.2) is 83.8 Å². The van der Waals surface area contributed by atoms with Gasteiger partial charge in [0, 0.05) is 19.5 Å². The van der Waals surface area contributed by atoms with Gasteiger partial charge in [-0.15, -0.1) is 0 Å². The molecule has 0 radical (unpaired) electrons. The lowest BCUT2D eigenvalue weighted by molar-refractivity contribution is -0.142. The Bertz CT molecular complexity index is 1440. The minimum Gasteiger partial charge on any atom is -0.480 e. The Morgan fingerprint density at radius 1 is 0.974 bits per heavy atom. The summed E-state index contributed by atoms with van der Waals surface area (Å²) in [7, 11) is -2.93. The number of benzene rings is 3. The summed E-state index contributed by atoms with van der Waals surface area (Å²) < 4.78 is 32.7. The van der Waals surface area contributed by atoms with Crippen molar-refractivity contribution in [3.8, 4) is 11.1 Å². The third-order valence-electron chi connectivity index (χ3n) is 6.78. The number of hydrogen-bond acceptors (Lipinski definition) is 6. The first-order valence-electron chi connectivity index (χ1n) is 12.6. The lowest BCUT2D eigenvalue weighted by atomic mass is 9.97. The lowest BCUT2D eigenvalue weighted by Crippen LogP contribution is -2.50. The first-order valence-corrected chi connectivity index (χ1v) is 14.0. The molecular formula is C29H30N2O7S. The maximum atomic E-state index is 13.4. The summed E-state index contributed by atoms with van der Waals surface area (Å²) in [4.78, 5) is 37.0. The number of sulfonamides is 1. The Morgan fingerprint density at radius 3 is 2.28 bits per heavy atom. The van der Waals surface area contributed by atoms with E-state index in [-0.39, 0.29) is 30.0 Å². The van der Waals surface area contributed by atoms with E-state index < -0.39 is 39.8 Å². The van der Waals surface area contributed by atoms with Crippen molar-refractivity contribution in [2.75, 3.05) is 20.2 Å². The molecule has 1 saturated heterocycles. The number of esters is 1. The zero-order valence-corrected chi connectivity index (χ0v) is 22.3. The highest BCUT2D eigenvalue weighted by atomic mass is 32.2. The van der Waals surface area contributed by atoms with E-state index in [0.717, 1.165) is 16.7 Å². The number of rotatable bonds is 9. The van der Waals surface area contributed by atoms with Gasteiger partial charge in [0.1, 0.15) is 6.04 Å². The number of aliphatic carboxylic acids is 1. The summed E-state index contributed by atoms with van der Waals surface area (Å²) >= 11 is 0. The van der Waals surface area contributed by atoms with Gasteiger partial charge >= 0.3 is 11.9 Å². The van der Waals surface area contributed by atoms with Gasteiger partial charge in [-0.3, -0.25) is 4.79 Å². The zero-order chi connectivity index (χ0) is 28.0. The van der Waals surface area contributed by atoms with Crippen LogP contribution >= 0.6 is 0 Å². The fourth-order valence-corrected chi connectivity index (χ4v) is 6.38. The molecule has 1 heterocycles. The van der Waals surface area contributed by atoms with E-state index in [1.807, 2.05) is 54.6 Å². The molecule has 4 rings (SSSR count). The van der Waals surface area contributed by atoms with E-state index in [0.29, 0.717) is 12.8 Å². The molecule has 1 amide bonds. The summed E-state index contributed by atoms with van der Waals surface area (Å²) in [6.07, 6.45) is 0.905. The number of carboxylic acids is 1. The zero-order valence-electron chi connectivity index (χ0n) is 21.4. The second kappa shape index (κ2) is 12.2. The largest absolute Gasteiger partial charge is 0.480 e. The first kappa shape index (κ1) is 28.0. The molecule has 1 fully saturated rings. The number of ether oxygens (including phenoxy) is 1. The van der Waals surface area contributed by atoms with Crippen LogP contribution in [0.5, 0.6) is 0 Å². The molecular weight excluding hydrogens is 520 g/mol. The van der Waals surface area contributed by atoms with Crippen molar-refractivity contribution in [2.24, 2.45) is 5.92 Å². The molecule has 204 valence electrons. The number of carboxylic acid groups (broad SMARTS) is 1. The van der Waals surface area contributed by atoms with Gasteiger partial charge in [-0.05, 0) is 41.7 Å². The number of nitrogens with zero attached hydrogens (tertiary/aromatic N) is 1. The SMILES string of the molecule is COC(=O)c1ccccc1S(=O)(=O)N1CCCC(C(=O)N[C@@H](Cc2ccc(-c3ccccc3)cc2)C(=O)O)C1. The quantitative estimate of drug-likeness (QED) is 0.391. The summed E-state index contributed by atoms with van der Waals surface area (Å²) in [6.45, 7) is 0.0551. The van der Waals surface area contributed by atoms with Gasteiger partial charge < -0.3 is 15.2 Å². The molecule has 2 N–H and O–H groups in total. The highest BCUT2D eigenvalue weighted by Gasteiger charge is 2.36. The normalized spacial score (nSPS) is 16.7. The Kier molecular flexibility index (Phi) is 8.78. The van der Waals surface area contributed by atoms with Crippen molar-refractivity contribution in [3.05, 3.63) is 90.0 Å². The highest BCUT2D eigenvalue weighted by Crippen LogP contribution is 2.27. The fourth-order valence-electron chi connectivity index (χ4n) is 4.67. The van der Waals surface area contributed by atoms with E-state index in [4.69, 9.17) is 4.74 Å². The van der Waals surface area contributed by atoms with Crippen LogP contribution in [0.1, 0.15) is 28.8 Å². The van der Waals surface area contributed by atoms with Gasteiger partial charge in [-0.25, -0.2) is 18.0 Å². The second-order valence-electron chi connectivity index (χ2n) is 9.36. The van der Waals surface area contributed by atoms with Gasteiger partial charge in [0.2, 0.25) is 15.9 Å². The molecule has 2 atom stereocenters. The number of carbonyl (C=O) groups is 3. The van der Waals surface area contributed by atoms with Gasteiger partial charge in [-0.1, -0.05) is 66.7 Å². The van der Waals surface area contributed by atoms with E-state index in [1.165, 1.54) is 29.6 Å². The summed E-state index contributed by atoms with van der Waals surface area (Å²) in [5.74, 6) is -3.21. The van der Waals surface area contributed by atoms with Crippen molar-refractivity contribution in [2.45, 2.75) is 30.2 Å². The molecule has 39 heavy (non-hydrogen) atoms. The van der Waals surface area contributed by atoms with E-state index >= 15 is 0 Å². The summed E-state index contributed by atoms with van der Waals surface area (Å²) in [5, 5.41) is 12.4. The van der Waals surface area contributed by atoms with Crippen molar-refractivity contribution < 1.29 is 32.6 Å². The van der Waals surface area contributed by atoms with Crippen molar-refractivity contribution in [3.63, 3.8) is 0 Å². The monoisotopic (exact) mass is 550 g/mol. The molecule has 0 bridgehead atoms. The topological polar surface area (TPSA) is 130 Å². The number of piperidine rings is 1. The number of amides is 1. The fraction of sp³-hybridized carbons (Fsp3) is 0.276. The number of carbonyl (C=O) groups excluding carboxylic acids is 2. The van der Waals surface area contributed by atoms with Gasteiger partial charge in [-0.2, -0.15) is 4.31 Å². The lowest BCUT2D eigenvalue weighted by Gasteiger charge is -2.32. The van der Waals surface area contributed by atoms with Crippen LogP contribution in [-0.4, -0.2) is 61.9 Å². The van der Waals surface area contributed by atoms with E-state index in [1.54, 1.807) is 6.07 Å². The third kappa shape index (κ3) is 6.52. The number of hydrogen-bond donors (Lipinski definition) is 2. The maximum Gasteiger partial charge on any atom is 0.339 e. The second-order valence-corrected chi connectivity index (χ2v) is 11.3. The molecule has 3 aromatic rings. The van der Waals surface area contributed by atoms with Crippen LogP contribution in [-0.2, 0) is 30.8 Å². The van der Waals surface area contributed by atoms with Crippen LogP contribution in [0.25, 0.3) is 11.1 Å². The number of nitrogens with one attached hydrogen (secondary N) is 1. The maximum absolute atomic E-state index is 13.4. The van der Waals surface area contributed by atoms with Crippen LogP contribution in [0.3, 0.4) is 0 Å². The molecule has 0 spiro atoms. The molecule has 0 saturated carbocycles. The third-order valence-corrected chi connectivity index (χ3v) is 8.70. The van der Waals surface area contributed by atoms with Gasteiger partial charge in [0.15, 0.2) is 0 Å². The Morgan fingerprint density at radius 2 is 1.62 bits per heavy atom. The van der Waals surface area contributed by atoms with Crippen LogP contribution in [0.2, 0.25) is 0 Å². The molecule has 1 unspecified atom stereocenters. The minimum atomic E-state index is -4.10. The molecule has 3 aromatic carbocycles.